The summed E-state index contributed by atoms with van der Waals surface area (Å²) in [6.07, 6.45) is 0.503. The topological polar surface area (TPSA) is 82.1 Å². The second-order valence-corrected chi connectivity index (χ2v) is 5.42. The predicted octanol–water partition coefficient (Wildman–Crippen LogP) is 0.602. The highest BCUT2D eigenvalue weighted by atomic mass is 16.5. The maximum Gasteiger partial charge on any atom is 0.317 e. The van der Waals surface area contributed by atoms with Crippen LogP contribution in [0.3, 0.4) is 0 Å². The Morgan fingerprint density at radius 3 is 2.38 bits per heavy atom. The monoisotopic (exact) mass is 301 g/mol. The lowest BCUT2D eigenvalue weighted by Gasteiger charge is -2.37. The summed E-state index contributed by atoms with van der Waals surface area (Å²) in [4.78, 5) is 26.8. The van der Waals surface area contributed by atoms with Crippen LogP contribution in [-0.4, -0.2) is 78.9 Å². The Kier molecular flexibility index (Phi) is 7.45. The zero-order chi connectivity index (χ0) is 15.8. The van der Waals surface area contributed by atoms with Crippen molar-refractivity contribution in [3.63, 3.8) is 0 Å². The molecule has 0 radical (unpaired) electrons. The van der Waals surface area contributed by atoms with Crippen molar-refractivity contribution in [3.8, 4) is 0 Å². The summed E-state index contributed by atoms with van der Waals surface area (Å²) in [5.74, 6) is -0.932. The van der Waals surface area contributed by atoms with Crippen LogP contribution < -0.4 is 5.32 Å². The molecule has 2 atom stereocenters. The van der Waals surface area contributed by atoms with E-state index in [0.717, 1.165) is 19.5 Å². The second-order valence-electron chi connectivity index (χ2n) is 5.42. The van der Waals surface area contributed by atoms with Gasteiger partial charge < -0.3 is 20.1 Å². The van der Waals surface area contributed by atoms with Crippen molar-refractivity contribution in [2.45, 2.75) is 38.8 Å². The number of carbonyl (C=O) groups is 2. The van der Waals surface area contributed by atoms with Crippen LogP contribution in [0.2, 0.25) is 0 Å². The molecule has 1 rings (SSSR count). The summed E-state index contributed by atoms with van der Waals surface area (Å²) in [7, 11) is 1.45. The Balaban J connectivity index is 2.32. The number of nitrogens with one attached hydrogen (secondary N) is 1. The van der Waals surface area contributed by atoms with Gasteiger partial charge >= 0.3 is 12.0 Å². The van der Waals surface area contributed by atoms with Crippen LogP contribution in [0.5, 0.6) is 0 Å². The molecule has 2 N–H and O–H groups in total. The molecular weight excluding hydrogens is 274 g/mol. The minimum Gasteiger partial charge on any atom is -0.481 e. The van der Waals surface area contributed by atoms with Crippen LogP contribution in [0, 0.1) is 0 Å². The summed E-state index contributed by atoms with van der Waals surface area (Å²) >= 11 is 0. The van der Waals surface area contributed by atoms with Crippen LogP contribution >= 0.6 is 0 Å². The van der Waals surface area contributed by atoms with Gasteiger partial charge in [0.2, 0.25) is 0 Å². The lowest BCUT2D eigenvalue weighted by Crippen LogP contribution is -2.54. The first-order valence-electron chi connectivity index (χ1n) is 7.49. The number of hydrogen-bond acceptors (Lipinski definition) is 4. The molecule has 0 aromatic rings. The van der Waals surface area contributed by atoms with Crippen molar-refractivity contribution >= 4 is 12.0 Å². The minimum absolute atomic E-state index is 0.113. The van der Waals surface area contributed by atoms with Gasteiger partial charge in [-0.05, 0) is 13.3 Å². The Morgan fingerprint density at radius 1 is 1.29 bits per heavy atom. The minimum atomic E-state index is -0.932. The highest BCUT2D eigenvalue weighted by Gasteiger charge is 2.23. The van der Waals surface area contributed by atoms with Gasteiger partial charge in [-0.2, -0.15) is 0 Å². The van der Waals surface area contributed by atoms with Gasteiger partial charge in [-0.3, -0.25) is 9.69 Å². The van der Waals surface area contributed by atoms with Gasteiger partial charge in [0, 0.05) is 45.9 Å². The summed E-state index contributed by atoms with van der Waals surface area (Å²) in [6.45, 7) is 7.74. The number of nitrogens with zero attached hydrogens (tertiary/aromatic N) is 2. The molecule has 1 heterocycles. The molecule has 21 heavy (non-hydrogen) atoms. The largest absolute Gasteiger partial charge is 0.481 e. The fraction of sp³-hybridized carbons (Fsp3) is 0.857. The van der Waals surface area contributed by atoms with E-state index in [1.165, 1.54) is 7.11 Å². The van der Waals surface area contributed by atoms with Crippen molar-refractivity contribution in [1.82, 2.24) is 15.1 Å². The number of hydrogen-bond donors (Lipinski definition) is 2. The standard InChI is InChI=1S/C14H27N3O4/c1-4-11(2)16-5-7-17(8-6-16)14(20)15-10-12(21-3)9-13(18)19/h11-12H,4-10H2,1-3H3,(H,15,20)(H,18,19). The number of ether oxygens (including phenoxy) is 1. The van der Waals surface area contributed by atoms with Crippen molar-refractivity contribution in [1.29, 1.82) is 0 Å². The number of amides is 2. The van der Waals surface area contributed by atoms with Crippen molar-refractivity contribution in [2.24, 2.45) is 0 Å². The number of carboxylic acids is 1. The molecule has 0 aromatic heterocycles. The number of methoxy groups -OCH3 is 1. The van der Waals surface area contributed by atoms with Crippen LogP contribution in [0.25, 0.3) is 0 Å². The molecular formula is C14H27N3O4. The molecule has 1 aliphatic rings. The Bertz CT molecular complexity index is 343. The van der Waals surface area contributed by atoms with Crippen LogP contribution in [0.1, 0.15) is 26.7 Å². The summed E-state index contributed by atoms with van der Waals surface area (Å²) < 4.78 is 5.04. The normalized spacial score (nSPS) is 19.1. The number of piperazine rings is 1. The zero-order valence-corrected chi connectivity index (χ0v) is 13.2. The zero-order valence-electron chi connectivity index (χ0n) is 13.2. The fourth-order valence-corrected chi connectivity index (χ4v) is 2.37. The van der Waals surface area contributed by atoms with Gasteiger partial charge in [-0.15, -0.1) is 0 Å². The molecule has 0 spiro atoms. The molecule has 1 aliphatic heterocycles. The van der Waals surface area contributed by atoms with E-state index in [9.17, 15) is 9.59 Å². The Labute approximate surface area is 126 Å². The van der Waals surface area contributed by atoms with E-state index >= 15 is 0 Å². The molecule has 1 saturated heterocycles. The van der Waals surface area contributed by atoms with Crippen LogP contribution in [-0.2, 0) is 9.53 Å². The molecule has 1 fully saturated rings. The third-order valence-electron chi connectivity index (χ3n) is 4.03. The molecule has 0 saturated carbocycles. The average Bonchev–Trinajstić information content (AvgIpc) is 2.50. The van der Waals surface area contributed by atoms with E-state index in [2.05, 4.69) is 24.1 Å². The summed E-state index contributed by atoms with van der Waals surface area (Å²) in [5, 5.41) is 11.5. The summed E-state index contributed by atoms with van der Waals surface area (Å²) in [5.41, 5.74) is 0. The quantitative estimate of drug-likeness (QED) is 0.719. The maximum absolute atomic E-state index is 12.0. The molecule has 2 unspecified atom stereocenters. The van der Waals surface area contributed by atoms with E-state index < -0.39 is 12.1 Å². The van der Waals surface area contributed by atoms with E-state index in [4.69, 9.17) is 9.84 Å². The predicted molar refractivity (Wildman–Crippen MR) is 79.3 cm³/mol. The first-order valence-corrected chi connectivity index (χ1v) is 7.49. The maximum atomic E-state index is 12.0. The van der Waals surface area contributed by atoms with E-state index in [-0.39, 0.29) is 19.0 Å². The van der Waals surface area contributed by atoms with E-state index in [0.29, 0.717) is 19.1 Å². The fourth-order valence-electron chi connectivity index (χ4n) is 2.37. The smallest absolute Gasteiger partial charge is 0.317 e. The van der Waals surface area contributed by atoms with Gasteiger partial charge in [0.15, 0.2) is 0 Å². The van der Waals surface area contributed by atoms with Gasteiger partial charge in [-0.1, -0.05) is 6.92 Å². The van der Waals surface area contributed by atoms with E-state index in [1.54, 1.807) is 4.90 Å². The van der Waals surface area contributed by atoms with Crippen LogP contribution in [0.15, 0.2) is 0 Å². The number of aliphatic carboxylic acids is 1. The lowest BCUT2D eigenvalue weighted by molar-refractivity contribution is -0.139. The van der Waals surface area contributed by atoms with Gasteiger partial charge in [0.05, 0.1) is 12.5 Å². The molecule has 7 nitrogen and oxygen atoms in total. The van der Waals surface area contributed by atoms with Crippen molar-refractivity contribution in [3.05, 3.63) is 0 Å². The molecule has 0 bridgehead atoms. The molecule has 0 aliphatic carbocycles. The molecule has 122 valence electrons. The van der Waals surface area contributed by atoms with Crippen LogP contribution in [0.4, 0.5) is 4.79 Å². The number of rotatable bonds is 7. The molecule has 7 heteroatoms. The second kappa shape index (κ2) is 8.84. The van der Waals surface area contributed by atoms with E-state index in [1.807, 2.05) is 0 Å². The third kappa shape index (κ3) is 5.89. The number of urea groups is 1. The Hall–Kier alpha value is -1.34. The van der Waals surface area contributed by atoms with Gasteiger partial charge in [-0.25, -0.2) is 4.79 Å². The summed E-state index contributed by atoms with van der Waals surface area (Å²) in [6, 6.07) is 0.398. The SMILES string of the molecule is CCC(C)N1CCN(C(=O)NCC(CC(=O)O)OC)CC1. The van der Waals surface area contributed by atoms with Crippen molar-refractivity contribution < 1.29 is 19.4 Å². The van der Waals surface area contributed by atoms with Crippen molar-refractivity contribution in [2.75, 3.05) is 39.8 Å². The number of carbonyl (C=O) groups excluding carboxylic acids is 1. The van der Waals surface area contributed by atoms with Gasteiger partial charge in [0.1, 0.15) is 0 Å². The Morgan fingerprint density at radius 2 is 1.90 bits per heavy atom. The van der Waals surface area contributed by atoms with Gasteiger partial charge in [0.25, 0.3) is 0 Å². The highest BCUT2D eigenvalue weighted by molar-refractivity contribution is 5.74. The first-order chi connectivity index (χ1) is 9.97. The first kappa shape index (κ1) is 17.7. The highest BCUT2D eigenvalue weighted by Crippen LogP contribution is 2.08. The number of carboxylic acid groups (broad SMARTS) is 1. The average molecular weight is 301 g/mol. The molecule has 2 amide bonds. The third-order valence-corrected chi connectivity index (χ3v) is 4.03. The lowest BCUT2D eigenvalue weighted by atomic mass is 10.2. The molecule has 0 aromatic carbocycles.